The predicted octanol–water partition coefficient (Wildman–Crippen LogP) is 3.90. The number of unbranched alkanes of at least 4 members (excludes halogenated alkanes) is 1. The minimum atomic E-state index is -0.421. The monoisotopic (exact) mass is 352 g/mol. The van der Waals surface area contributed by atoms with Crippen molar-refractivity contribution in [2.45, 2.75) is 59.5 Å². The zero-order chi connectivity index (χ0) is 18.7. The third-order valence-corrected chi connectivity index (χ3v) is 3.21. The molecule has 0 saturated heterocycles. The maximum atomic E-state index is 11.7. The van der Waals surface area contributed by atoms with E-state index in [0.717, 1.165) is 12.8 Å². The van der Waals surface area contributed by atoms with Crippen molar-refractivity contribution >= 4 is 11.9 Å². The number of esters is 2. The van der Waals surface area contributed by atoms with Gasteiger partial charge in [0, 0.05) is 19.4 Å². The number of hydrogen-bond donors (Lipinski definition) is 0. The van der Waals surface area contributed by atoms with Crippen LogP contribution in [0, 0.1) is 0 Å². The van der Waals surface area contributed by atoms with Crippen LogP contribution in [0.25, 0.3) is 0 Å². The van der Waals surface area contributed by atoms with Crippen LogP contribution in [0.1, 0.15) is 53.4 Å². The van der Waals surface area contributed by atoms with Crippen molar-refractivity contribution in [1.29, 1.82) is 0 Å². The first-order valence-corrected chi connectivity index (χ1v) is 8.76. The second kappa shape index (κ2) is 11.5. The molecule has 0 unspecified atom stereocenters. The fourth-order valence-corrected chi connectivity index (χ4v) is 1.88. The molecule has 0 heterocycles. The molecule has 0 N–H and O–H groups in total. The second-order valence-electron chi connectivity index (χ2n) is 5.71. The summed E-state index contributed by atoms with van der Waals surface area (Å²) in [5.74, 6) is -0.108. The average Bonchev–Trinajstić information content (AvgIpc) is 2.59. The van der Waals surface area contributed by atoms with Crippen LogP contribution < -0.4 is 14.2 Å². The van der Waals surface area contributed by atoms with E-state index in [2.05, 4.69) is 0 Å². The molecule has 0 fully saturated rings. The van der Waals surface area contributed by atoms with Crippen molar-refractivity contribution in [1.82, 2.24) is 0 Å². The molecular weight excluding hydrogens is 324 g/mol. The van der Waals surface area contributed by atoms with E-state index in [1.54, 1.807) is 32.0 Å². The van der Waals surface area contributed by atoms with Gasteiger partial charge in [0.2, 0.25) is 5.75 Å². The molecule has 0 radical (unpaired) electrons. The number of benzene rings is 1. The van der Waals surface area contributed by atoms with Gasteiger partial charge in [-0.3, -0.25) is 9.59 Å². The van der Waals surface area contributed by atoms with Gasteiger partial charge < -0.3 is 18.9 Å². The van der Waals surface area contributed by atoms with Crippen LogP contribution in [0.2, 0.25) is 0 Å². The van der Waals surface area contributed by atoms with E-state index in [1.807, 2.05) is 13.8 Å². The zero-order valence-electron chi connectivity index (χ0n) is 15.5. The van der Waals surface area contributed by atoms with Gasteiger partial charge in [-0.05, 0) is 38.8 Å². The van der Waals surface area contributed by atoms with Crippen LogP contribution in [-0.2, 0) is 14.3 Å². The Hall–Kier alpha value is -2.08. The first-order valence-electron chi connectivity index (χ1n) is 8.76. The van der Waals surface area contributed by atoms with Crippen LogP contribution in [0.5, 0.6) is 17.2 Å². The number of carbonyl (C=O) groups is 2. The van der Waals surface area contributed by atoms with Gasteiger partial charge >= 0.3 is 11.9 Å². The number of para-hydroxylation sites is 1. The van der Waals surface area contributed by atoms with E-state index < -0.39 is 11.9 Å². The van der Waals surface area contributed by atoms with Crippen molar-refractivity contribution in [2.75, 3.05) is 13.2 Å². The molecule has 140 valence electrons. The van der Waals surface area contributed by atoms with E-state index in [-0.39, 0.29) is 30.4 Å². The lowest BCUT2D eigenvalue weighted by Crippen LogP contribution is -2.12. The molecule has 0 saturated carbocycles. The Bertz CT molecular complexity index is 553. The topological polar surface area (TPSA) is 71.1 Å². The number of hydrogen-bond acceptors (Lipinski definition) is 6. The summed E-state index contributed by atoms with van der Waals surface area (Å²) in [6.07, 6.45) is 2.31. The molecule has 0 atom stereocenters. The molecular formula is C19H28O6. The number of carbonyl (C=O) groups excluding carboxylic acids is 2. The number of rotatable bonds is 11. The molecule has 25 heavy (non-hydrogen) atoms. The summed E-state index contributed by atoms with van der Waals surface area (Å²) in [7, 11) is 0. The van der Waals surface area contributed by atoms with E-state index >= 15 is 0 Å². The van der Waals surface area contributed by atoms with E-state index in [0.29, 0.717) is 19.0 Å². The third-order valence-electron chi connectivity index (χ3n) is 3.21. The Labute approximate surface area is 149 Å². The van der Waals surface area contributed by atoms with Crippen LogP contribution in [0.4, 0.5) is 0 Å². The standard InChI is InChI=1S/C19H28O6/c1-5-17(20)24-16-11-9-10-15(19(16)25-18(21)6-2)23-13-8-7-12-22-14(3)4/h9-11,14H,5-8,12-13H2,1-4H3. The van der Waals surface area contributed by atoms with Crippen molar-refractivity contribution in [2.24, 2.45) is 0 Å². The van der Waals surface area contributed by atoms with Crippen molar-refractivity contribution in [3.8, 4) is 17.2 Å². The van der Waals surface area contributed by atoms with Gasteiger partial charge in [-0.2, -0.15) is 0 Å². The van der Waals surface area contributed by atoms with Crippen molar-refractivity contribution in [3.05, 3.63) is 18.2 Å². The fourth-order valence-electron chi connectivity index (χ4n) is 1.88. The SMILES string of the molecule is CCC(=O)Oc1cccc(OCCCCOC(C)C)c1OC(=O)CC. The third kappa shape index (κ3) is 8.03. The molecule has 0 bridgehead atoms. The van der Waals surface area contributed by atoms with E-state index in [1.165, 1.54) is 0 Å². The summed E-state index contributed by atoms with van der Waals surface area (Å²) in [6, 6.07) is 4.96. The molecule has 0 amide bonds. The average molecular weight is 352 g/mol. The van der Waals surface area contributed by atoms with Crippen LogP contribution >= 0.6 is 0 Å². The minimum Gasteiger partial charge on any atom is -0.490 e. The van der Waals surface area contributed by atoms with Crippen LogP contribution in [0.3, 0.4) is 0 Å². The molecule has 0 aliphatic carbocycles. The molecule has 6 nitrogen and oxygen atoms in total. The summed E-state index contributed by atoms with van der Waals surface area (Å²) < 4.78 is 21.8. The fraction of sp³-hybridized carbons (Fsp3) is 0.579. The lowest BCUT2D eigenvalue weighted by Gasteiger charge is -2.15. The molecule has 0 aliphatic heterocycles. The first kappa shape index (κ1) is 21.0. The Morgan fingerprint density at radius 2 is 1.52 bits per heavy atom. The molecule has 6 heteroatoms. The first-order chi connectivity index (χ1) is 12.0. The molecule has 0 aliphatic rings. The van der Waals surface area contributed by atoms with E-state index in [4.69, 9.17) is 18.9 Å². The zero-order valence-corrected chi connectivity index (χ0v) is 15.5. The van der Waals surface area contributed by atoms with Gasteiger partial charge in [0.15, 0.2) is 11.5 Å². The smallest absolute Gasteiger partial charge is 0.311 e. The lowest BCUT2D eigenvalue weighted by atomic mass is 10.3. The lowest BCUT2D eigenvalue weighted by molar-refractivity contribution is -0.136. The van der Waals surface area contributed by atoms with Gasteiger partial charge in [0.1, 0.15) is 0 Å². The summed E-state index contributed by atoms with van der Waals surface area (Å²) in [5.41, 5.74) is 0. The second-order valence-corrected chi connectivity index (χ2v) is 5.71. The quantitative estimate of drug-likeness (QED) is 0.342. The Kier molecular flexibility index (Phi) is 9.62. The van der Waals surface area contributed by atoms with E-state index in [9.17, 15) is 9.59 Å². The summed E-state index contributed by atoms with van der Waals surface area (Å²) in [5, 5.41) is 0. The molecule has 0 aromatic heterocycles. The minimum absolute atomic E-state index is 0.148. The maximum Gasteiger partial charge on any atom is 0.311 e. The highest BCUT2D eigenvalue weighted by atomic mass is 16.6. The molecule has 0 spiro atoms. The van der Waals surface area contributed by atoms with Gasteiger partial charge in [-0.25, -0.2) is 0 Å². The number of ether oxygens (including phenoxy) is 4. The largest absolute Gasteiger partial charge is 0.490 e. The summed E-state index contributed by atoms with van der Waals surface area (Å²) >= 11 is 0. The normalized spacial score (nSPS) is 10.6. The highest BCUT2D eigenvalue weighted by molar-refractivity contribution is 5.77. The van der Waals surface area contributed by atoms with Crippen molar-refractivity contribution in [3.63, 3.8) is 0 Å². The Morgan fingerprint density at radius 1 is 0.920 bits per heavy atom. The van der Waals surface area contributed by atoms with Gasteiger partial charge in [-0.15, -0.1) is 0 Å². The van der Waals surface area contributed by atoms with Crippen LogP contribution in [-0.4, -0.2) is 31.3 Å². The molecule has 1 rings (SSSR count). The highest BCUT2D eigenvalue weighted by Gasteiger charge is 2.17. The Balaban J connectivity index is 2.73. The van der Waals surface area contributed by atoms with Crippen molar-refractivity contribution < 1.29 is 28.5 Å². The van der Waals surface area contributed by atoms with Gasteiger partial charge in [0.25, 0.3) is 0 Å². The summed E-state index contributed by atoms with van der Waals surface area (Å²) in [4.78, 5) is 23.3. The Morgan fingerprint density at radius 3 is 2.16 bits per heavy atom. The summed E-state index contributed by atoms with van der Waals surface area (Å²) in [6.45, 7) is 8.50. The van der Waals surface area contributed by atoms with Gasteiger partial charge in [-0.1, -0.05) is 19.9 Å². The maximum absolute atomic E-state index is 11.7. The van der Waals surface area contributed by atoms with Gasteiger partial charge in [0.05, 0.1) is 12.7 Å². The van der Waals surface area contributed by atoms with Crippen LogP contribution in [0.15, 0.2) is 18.2 Å². The molecule has 1 aromatic rings. The highest BCUT2D eigenvalue weighted by Crippen LogP contribution is 2.38. The predicted molar refractivity (Wildman–Crippen MR) is 94.1 cm³/mol. The molecule has 1 aromatic carbocycles.